The second kappa shape index (κ2) is 15.8. The van der Waals surface area contributed by atoms with Crippen LogP contribution >= 0.6 is 0 Å². The van der Waals surface area contributed by atoms with E-state index in [0.29, 0.717) is 31.2 Å². The summed E-state index contributed by atoms with van der Waals surface area (Å²) in [6, 6.07) is 5.54. The first kappa shape index (κ1) is 44.0. The lowest BCUT2D eigenvalue weighted by Gasteiger charge is -2.62. The summed E-state index contributed by atoms with van der Waals surface area (Å²) in [6.45, 7) is 11.2. The molecule has 0 radical (unpaired) electrons. The van der Waals surface area contributed by atoms with Crippen molar-refractivity contribution >= 4 is 42.6 Å². The van der Waals surface area contributed by atoms with Crippen LogP contribution in [0.1, 0.15) is 77.7 Å². The minimum atomic E-state index is -5.58. The maximum absolute atomic E-state index is 13.8. The Bertz CT molecular complexity index is 2050. The van der Waals surface area contributed by atoms with Crippen molar-refractivity contribution in [2.75, 3.05) is 5.75 Å². The molecule has 6 rings (SSSR count). The number of aliphatic carboxylic acids is 1. The summed E-state index contributed by atoms with van der Waals surface area (Å²) >= 11 is 0. The zero-order valence-electron chi connectivity index (χ0n) is 32.1. The largest absolute Gasteiger partial charge is 0.481 e. The third kappa shape index (κ3) is 9.00. The summed E-state index contributed by atoms with van der Waals surface area (Å²) in [6.07, 6.45) is -9.55. The summed E-state index contributed by atoms with van der Waals surface area (Å²) < 4.78 is 124. The van der Waals surface area contributed by atoms with E-state index in [0.717, 1.165) is 12.0 Å². The maximum atomic E-state index is 13.8. The molecule has 1 heterocycles. The monoisotopic (exact) mass is 864 g/mol. The highest BCUT2D eigenvalue weighted by molar-refractivity contribution is 7.91. The van der Waals surface area contributed by atoms with Crippen molar-refractivity contribution in [3.63, 3.8) is 0 Å². The van der Waals surface area contributed by atoms with E-state index in [1.165, 1.54) is 24.3 Å². The van der Waals surface area contributed by atoms with Gasteiger partial charge in [0.25, 0.3) is 0 Å². The Morgan fingerprint density at radius 3 is 2.18 bits per heavy atom. The van der Waals surface area contributed by atoms with E-state index in [9.17, 15) is 54.2 Å². The number of carbonyl (C=O) groups excluding carboxylic acids is 1. The van der Waals surface area contributed by atoms with E-state index in [1.807, 2.05) is 6.92 Å². The van der Waals surface area contributed by atoms with Crippen molar-refractivity contribution in [1.82, 2.24) is 0 Å². The lowest BCUT2D eigenvalue weighted by Crippen LogP contribution is -2.64. The molecule has 1 aromatic rings. The van der Waals surface area contributed by atoms with Crippen molar-refractivity contribution in [2.45, 2.75) is 127 Å². The van der Waals surface area contributed by atoms with Crippen LogP contribution in [-0.4, -0.2) is 105 Å². The Kier molecular flexibility index (Phi) is 12.2. The molecule has 13 atom stereocenters. The molecule has 5 fully saturated rings. The van der Waals surface area contributed by atoms with Crippen LogP contribution in [0.25, 0.3) is 0 Å². The number of esters is 1. The Morgan fingerprint density at radius 1 is 0.947 bits per heavy atom. The van der Waals surface area contributed by atoms with Gasteiger partial charge >= 0.3 is 32.7 Å². The van der Waals surface area contributed by atoms with Crippen molar-refractivity contribution in [2.24, 2.45) is 40.4 Å². The predicted molar refractivity (Wildman–Crippen MR) is 199 cm³/mol. The molecule has 1 aromatic carbocycles. The highest BCUT2D eigenvalue weighted by Gasteiger charge is 2.67. The number of aliphatic hydroxyl groups excluding tert-OH is 1. The number of carbonyl (C=O) groups is 2. The molecule has 0 amide bonds. The van der Waals surface area contributed by atoms with E-state index in [-0.39, 0.29) is 47.8 Å². The summed E-state index contributed by atoms with van der Waals surface area (Å²) in [5.74, 6) is -4.81. The molecule has 5 aliphatic rings. The number of fused-ring (bicyclic) bond motifs is 3. The number of carboxylic acid groups (broad SMARTS) is 1. The van der Waals surface area contributed by atoms with Gasteiger partial charge in [-0.1, -0.05) is 45.0 Å². The smallest absolute Gasteiger partial charge is 0.397 e. The fourth-order valence-corrected chi connectivity index (χ4v) is 13.3. The molecule has 20 heteroatoms. The van der Waals surface area contributed by atoms with Crippen LogP contribution in [0.5, 0.6) is 0 Å². The minimum absolute atomic E-state index is 0.0964. The number of aliphatic hydroxyl groups is 1. The summed E-state index contributed by atoms with van der Waals surface area (Å²) in [5, 5.41) is 22.2. The lowest BCUT2D eigenvalue weighted by molar-refractivity contribution is -0.309. The van der Waals surface area contributed by atoms with Gasteiger partial charge in [-0.25, -0.2) is 16.8 Å². The zero-order chi connectivity index (χ0) is 42.0. The SMILES string of the molecule is C=C1C2CCC3C4(C)CC(O[C@@H]5O[C@@H](CS(=O)(=O)c6ccc(C)cc6)[C@@H](OS(=O)(=O)O)[C@H](OS(=O)(=O)O)C5OC(=O)CC(C)C)CC(C(=O)O)C4CCC3(C2)[C@H]1O. The van der Waals surface area contributed by atoms with Crippen molar-refractivity contribution in [1.29, 1.82) is 0 Å². The van der Waals surface area contributed by atoms with Crippen molar-refractivity contribution in [3.05, 3.63) is 42.0 Å². The first-order valence-electron chi connectivity index (χ1n) is 19.0. The molecule has 4 aliphatic carbocycles. The van der Waals surface area contributed by atoms with E-state index >= 15 is 0 Å². The van der Waals surface area contributed by atoms with Gasteiger partial charge in [-0.2, -0.15) is 16.8 Å². The quantitative estimate of drug-likeness (QED) is 0.0957. The molecule has 57 heavy (non-hydrogen) atoms. The second-order valence-electron chi connectivity index (χ2n) is 17.2. The number of rotatable bonds is 13. The Hall–Kier alpha value is -2.53. The van der Waals surface area contributed by atoms with Gasteiger partial charge in [-0.15, -0.1) is 0 Å². The van der Waals surface area contributed by atoms with Gasteiger partial charge in [0.1, 0.15) is 12.2 Å². The molecule has 8 unspecified atom stereocenters. The fourth-order valence-electron chi connectivity index (χ4n) is 10.9. The number of hydrogen-bond acceptors (Lipinski definition) is 14. The number of ether oxygens (including phenoxy) is 3. The first-order valence-corrected chi connectivity index (χ1v) is 23.4. The molecule has 1 aliphatic heterocycles. The summed E-state index contributed by atoms with van der Waals surface area (Å²) in [7, 11) is -15.6. The molecule has 4 saturated carbocycles. The fraction of sp³-hybridized carbons (Fsp3) is 0.730. The van der Waals surface area contributed by atoms with Crippen LogP contribution in [0.3, 0.4) is 0 Å². The highest BCUT2D eigenvalue weighted by Crippen LogP contribution is 2.70. The Labute approximate surface area is 333 Å². The van der Waals surface area contributed by atoms with Gasteiger partial charge in [0.15, 0.2) is 28.3 Å². The van der Waals surface area contributed by atoms with E-state index in [1.54, 1.807) is 20.8 Å². The molecule has 1 saturated heterocycles. The van der Waals surface area contributed by atoms with Crippen molar-refractivity contribution in [3.8, 4) is 0 Å². The van der Waals surface area contributed by atoms with E-state index < -0.39 is 108 Å². The predicted octanol–water partition coefficient (Wildman–Crippen LogP) is 3.46. The normalized spacial score (nSPS) is 38.3. The number of hydrogen-bond donors (Lipinski definition) is 4. The van der Waals surface area contributed by atoms with E-state index in [4.69, 9.17) is 22.6 Å². The van der Waals surface area contributed by atoms with Crippen LogP contribution < -0.4 is 0 Å². The molecule has 0 aromatic heterocycles. The number of benzene rings is 1. The molecule has 1 spiro atoms. The summed E-state index contributed by atoms with van der Waals surface area (Å²) in [4.78, 5) is 26.0. The lowest BCUT2D eigenvalue weighted by atomic mass is 9.43. The van der Waals surface area contributed by atoms with Crippen LogP contribution in [0.15, 0.2) is 41.3 Å². The molecule has 17 nitrogen and oxygen atoms in total. The van der Waals surface area contributed by atoms with Gasteiger partial charge in [-0.05, 0) is 98.7 Å². The number of aryl methyl sites for hydroxylation is 1. The molecule has 2 bridgehead atoms. The third-order valence-electron chi connectivity index (χ3n) is 13.1. The van der Waals surface area contributed by atoms with Crippen LogP contribution in [0.2, 0.25) is 0 Å². The van der Waals surface area contributed by atoms with Gasteiger partial charge in [0.05, 0.1) is 28.8 Å². The van der Waals surface area contributed by atoms with Crippen LogP contribution in [-0.2, 0) is 62.8 Å². The van der Waals surface area contributed by atoms with Gasteiger partial charge in [0.2, 0.25) is 0 Å². The first-order chi connectivity index (χ1) is 26.3. The average Bonchev–Trinajstić information content (AvgIpc) is 3.25. The zero-order valence-corrected chi connectivity index (χ0v) is 34.6. The van der Waals surface area contributed by atoms with E-state index in [2.05, 4.69) is 6.58 Å². The van der Waals surface area contributed by atoms with Crippen LogP contribution in [0, 0.1) is 47.3 Å². The van der Waals surface area contributed by atoms with Gasteiger partial charge in [-0.3, -0.25) is 18.7 Å². The highest BCUT2D eigenvalue weighted by atomic mass is 32.3. The standard InChI is InChI=1S/C37H52O17S3/c1-19(2)14-29(38)52-32-31(54-57(47,48)49)30(53-56(44,45)46)27(18-55(42,43)24-9-6-20(3)7-10-24)51-35(32)50-23-15-25(34(40)41)26-12-13-37-16-22(21(4)33(37)39)8-11-28(37)36(26,5)17-23/h6-7,9-10,19,22-23,25-28,30-33,35,39H,4,8,11-18H2,1-3,5H3,(H,40,41)(H,44,45,46)(H,47,48,49)/t22?,23?,25?,26?,27-,28?,30+,31-,32?,33-,35+,36?,37?/m0/s1. The molecule has 4 N–H and O–H groups in total. The molecular weight excluding hydrogens is 813 g/mol. The average molecular weight is 865 g/mol. The van der Waals surface area contributed by atoms with Gasteiger partial charge < -0.3 is 24.4 Å². The maximum Gasteiger partial charge on any atom is 0.397 e. The molecular formula is C37H52O17S3. The topological polar surface area (TPSA) is 264 Å². The second-order valence-corrected chi connectivity index (χ2v) is 21.3. The minimum Gasteiger partial charge on any atom is -0.481 e. The number of carboxylic acids is 1. The van der Waals surface area contributed by atoms with Crippen LogP contribution in [0.4, 0.5) is 0 Å². The van der Waals surface area contributed by atoms with Crippen molar-refractivity contribution < 1.29 is 76.7 Å². The Morgan fingerprint density at radius 2 is 1.58 bits per heavy atom. The Balaban J connectivity index is 1.42. The summed E-state index contributed by atoms with van der Waals surface area (Å²) in [5.41, 5.74) is 0.215. The molecule has 320 valence electrons. The van der Waals surface area contributed by atoms with Gasteiger partial charge in [0, 0.05) is 11.8 Å². The third-order valence-corrected chi connectivity index (χ3v) is 15.8. The number of sulfone groups is 1.